The minimum absolute atomic E-state index is 0.205. The first-order valence-electron chi connectivity index (χ1n) is 10.7. The van der Waals surface area contributed by atoms with Crippen LogP contribution in [0, 0.1) is 11.8 Å². The van der Waals surface area contributed by atoms with Gasteiger partial charge in [-0.25, -0.2) is 0 Å². The van der Waals surface area contributed by atoms with Crippen LogP contribution in [0.2, 0.25) is 0 Å². The summed E-state index contributed by atoms with van der Waals surface area (Å²) in [6.07, 6.45) is 5.79. The van der Waals surface area contributed by atoms with E-state index in [2.05, 4.69) is 54.0 Å². The molecule has 0 spiro atoms. The SMILES string of the molecule is C=C[C@@H]1C[N+]2(Cc3ccccc3)CC[C@@H]1CC2[C@H](O)c1ccnc2ccccc12. The molecule has 29 heavy (non-hydrogen) atoms. The lowest BCUT2D eigenvalue weighted by Crippen LogP contribution is -2.67. The van der Waals surface area contributed by atoms with Gasteiger partial charge >= 0.3 is 0 Å². The lowest BCUT2D eigenvalue weighted by atomic mass is 9.71. The van der Waals surface area contributed by atoms with Crippen molar-refractivity contribution in [3.63, 3.8) is 0 Å². The van der Waals surface area contributed by atoms with E-state index in [0.717, 1.165) is 47.0 Å². The summed E-state index contributed by atoms with van der Waals surface area (Å²) >= 11 is 0. The number of quaternary nitrogens is 1. The lowest BCUT2D eigenvalue weighted by molar-refractivity contribution is -0.984. The molecule has 3 fully saturated rings. The molecule has 5 atom stereocenters. The zero-order valence-corrected chi connectivity index (χ0v) is 16.8. The summed E-state index contributed by atoms with van der Waals surface area (Å²) < 4.78 is 0.953. The van der Waals surface area contributed by atoms with Crippen LogP contribution in [0.15, 0.2) is 79.5 Å². The van der Waals surface area contributed by atoms with Crippen molar-refractivity contribution in [1.29, 1.82) is 0 Å². The average molecular weight is 386 g/mol. The van der Waals surface area contributed by atoms with Crippen LogP contribution in [-0.2, 0) is 6.54 Å². The minimum Gasteiger partial charge on any atom is -0.382 e. The molecule has 6 rings (SSSR count). The Bertz CT molecular complexity index is 1010. The van der Waals surface area contributed by atoms with Gasteiger partial charge in [-0.15, -0.1) is 6.58 Å². The summed E-state index contributed by atoms with van der Waals surface area (Å²) in [5, 5.41) is 12.8. The Morgan fingerprint density at radius 3 is 2.72 bits per heavy atom. The Labute approximate surface area is 172 Å². The van der Waals surface area contributed by atoms with Gasteiger partial charge in [-0.2, -0.15) is 0 Å². The van der Waals surface area contributed by atoms with Crippen molar-refractivity contribution in [2.45, 2.75) is 31.5 Å². The van der Waals surface area contributed by atoms with Gasteiger partial charge in [0.05, 0.1) is 18.6 Å². The number of benzene rings is 2. The van der Waals surface area contributed by atoms with Crippen LogP contribution in [0.1, 0.15) is 30.1 Å². The van der Waals surface area contributed by atoms with E-state index in [1.165, 1.54) is 12.0 Å². The van der Waals surface area contributed by atoms with E-state index in [0.29, 0.717) is 11.8 Å². The van der Waals surface area contributed by atoms with Gasteiger partial charge in [0, 0.05) is 35.9 Å². The molecule has 1 N–H and O–H groups in total. The zero-order chi connectivity index (χ0) is 19.8. The fraction of sp³-hybridized carbons (Fsp3) is 0.346. The molecule has 1 aromatic heterocycles. The van der Waals surface area contributed by atoms with Crippen molar-refractivity contribution in [3.8, 4) is 0 Å². The van der Waals surface area contributed by atoms with Crippen molar-refractivity contribution in [2.75, 3.05) is 13.1 Å². The van der Waals surface area contributed by atoms with E-state index in [1.807, 2.05) is 30.5 Å². The number of hydrogen-bond acceptors (Lipinski definition) is 2. The molecule has 3 nitrogen and oxygen atoms in total. The van der Waals surface area contributed by atoms with Crippen LogP contribution in [0.3, 0.4) is 0 Å². The number of para-hydroxylation sites is 1. The van der Waals surface area contributed by atoms with Gasteiger partial charge in [-0.1, -0.05) is 54.6 Å². The van der Waals surface area contributed by atoms with Crippen LogP contribution in [-0.4, -0.2) is 33.7 Å². The second-order valence-corrected chi connectivity index (χ2v) is 8.88. The number of aromatic nitrogens is 1. The largest absolute Gasteiger partial charge is 0.382 e. The topological polar surface area (TPSA) is 33.1 Å². The third-order valence-electron chi connectivity index (χ3n) is 7.38. The van der Waals surface area contributed by atoms with Crippen molar-refractivity contribution in [1.82, 2.24) is 4.98 Å². The normalized spacial score (nSPS) is 29.6. The van der Waals surface area contributed by atoms with Crippen LogP contribution in [0.25, 0.3) is 10.9 Å². The lowest BCUT2D eigenvalue weighted by Gasteiger charge is -2.58. The van der Waals surface area contributed by atoms with Gasteiger partial charge in [0.15, 0.2) is 0 Å². The van der Waals surface area contributed by atoms with Gasteiger partial charge in [0.2, 0.25) is 0 Å². The van der Waals surface area contributed by atoms with E-state index in [1.54, 1.807) is 0 Å². The number of fused-ring (bicyclic) bond motifs is 4. The van der Waals surface area contributed by atoms with Crippen molar-refractivity contribution < 1.29 is 9.59 Å². The van der Waals surface area contributed by atoms with Crippen molar-refractivity contribution >= 4 is 10.9 Å². The average Bonchev–Trinajstić information content (AvgIpc) is 2.78. The molecular formula is C26H29N2O+. The fourth-order valence-corrected chi connectivity index (χ4v) is 5.91. The molecule has 148 valence electrons. The van der Waals surface area contributed by atoms with Gasteiger partial charge in [0.25, 0.3) is 0 Å². The second-order valence-electron chi connectivity index (χ2n) is 8.88. The Balaban J connectivity index is 1.56. The van der Waals surface area contributed by atoms with Gasteiger partial charge in [-0.3, -0.25) is 4.98 Å². The molecule has 0 aliphatic carbocycles. The van der Waals surface area contributed by atoms with Crippen LogP contribution in [0.4, 0.5) is 0 Å². The van der Waals surface area contributed by atoms with E-state index in [-0.39, 0.29) is 6.04 Å². The summed E-state index contributed by atoms with van der Waals surface area (Å²) in [6.45, 7) is 7.32. The van der Waals surface area contributed by atoms with Gasteiger partial charge in [0.1, 0.15) is 18.7 Å². The number of hydrogen-bond donors (Lipinski definition) is 1. The fourth-order valence-electron chi connectivity index (χ4n) is 5.91. The highest BCUT2D eigenvalue weighted by atomic mass is 16.3. The molecule has 2 aromatic carbocycles. The first-order valence-corrected chi connectivity index (χ1v) is 10.7. The molecule has 3 aliphatic rings. The number of aliphatic hydroxyl groups excluding tert-OH is 1. The third-order valence-corrected chi connectivity index (χ3v) is 7.38. The van der Waals surface area contributed by atoms with Gasteiger partial charge in [-0.05, 0) is 23.6 Å². The molecule has 2 bridgehead atoms. The molecule has 0 amide bonds. The quantitative estimate of drug-likeness (QED) is 0.502. The standard InChI is InChI=1S/C26H29N2O/c1-2-20-18-28(17-19-8-4-3-5-9-19)15-13-21(20)16-25(28)26(29)23-12-14-27-24-11-7-6-10-22(23)24/h2-12,14,20-21,25-26,29H,1,13,15-18H2/q+1/t20-,21-,25?,26-,28?/m1/s1. The minimum atomic E-state index is -0.486. The molecule has 2 unspecified atom stereocenters. The first-order chi connectivity index (χ1) is 14.2. The predicted molar refractivity (Wildman–Crippen MR) is 117 cm³/mol. The van der Waals surface area contributed by atoms with E-state index in [9.17, 15) is 5.11 Å². The maximum absolute atomic E-state index is 11.7. The number of nitrogens with zero attached hydrogens (tertiary/aromatic N) is 2. The van der Waals surface area contributed by atoms with Crippen molar-refractivity contribution in [3.05, 3.63) is 90.6 Å². The monoisotopic (exact) mass is 385 g/mol. The predicted octanol–water partition coefficient (Wildman–Crippen LogP) is 4.88. The summed E-state index contributed by atoms with van der Waals surface area (Å²) in [7, 11) is 0. The van der Waals surface area contributed by atoms with E-state index < -0.39 is 6.10 Å². The molecule has 4 heterocycles. The molecule has 3 aromatic rings. The van der Waals surface area contributed by atoms with Crippen LogP contribution < -0.4 is 0 Å². The molecule has 3 aliphatic heterocycles. The number of pyridine rings is 1. The Morgan fingerprint density at radius 2 is 1.90 bits per heavy atom. The molecule has 3 heteroatoms. The maximum atomic E-state index is 11.7. The molecule has 3 saturated heterocycles. The van der Waals surface area contributed by atoms with Gasteiger partial charge < -0.3 is 9.59 Å². The summed E-state index contributed by atoms with van der Waals surface area (Å²) in [5.74, 6) is 1.18. The van der Waals surface area contributed by atoms with E-state index >= 15 is 0 Å². The Morgan fingerprint density at radius 1 is 1.10 bits per heavy atom. The van der Waals surface area contributed by atoms with Crippen LogP contribution in [0.5, 0.6) is 0 Å². The Kier molecular flexibility index (Phi) is 4.73. The third kappa shape index (κ3) is 3.19. The summed E-state index contributed by atoms with van der Waals surface area (Å²) in [5.41, 5.74) is 3.33. The first kappa shape index (κ1) is 18.5. The smallest absolute Gasteiger partial charge is 0.131 e. The number of aliphatic hydroxyl groups is 1. The molecule has 0 radical (unpaired) electrons. The second kappa shape index (κ2) is 7.40. The van der Waals surface area contributed by atoms with Crippen molar-refractivity contribution in [2.24, 2.45) is 11.8 Å². The highest BCUT2D eigenvalue weighted by molar-refractivity contribution is 5.82. The zero-order valence-electron chi connectivity index (χ0n) is 16.8. The number of rotatable bonds is 5. The summed E-state index contributed by atoms with van der Waals surface area (Å²) in [4.78, 5) is 4.50. The summed E-state index contributed by atoms with van der Waals surface area (Å²) in [6, 6.07) is 21.2. The highest BCUT2D eigenvalue weighted by Crippen LogP contribution is 2.47. The molecule has 0 saturated carbocycles. The highest BCUT2D eigenvalue weighted by Gasteiger charge is 2.53. The number of piperidine rings is 3. The Hall–Kier alpha value is -2.49. The molecular weight excluding hydrogens is 356 g/mol. The van der Waals surface area contributed by atoms with E-state index in [4.69, 9.17) is 0 Å². The van der Waals surface area contributed by atoms with Crippen LogP contribution >= 0.6 is 0 Å². The maximum Gasteiger partial charge on any atom is 0.131 e.